The van der Waals surface area contributed by atoms with Gasteiger partial charge in [0.25, 0.3) is 10.0 Å². The number of nitrogens with one attached hydrogen (secondary N) is 1. The number of aromatic nitrogens is 2. The van der Waals surface area contributed by atoms with Crippen LogP contribution < -0.4 is 0 Å². The molecule has 0 fully saturated rings. The van der Waals surface area contributed by atoms with Gasteiger partial charge in [-0.25, -0.2) is 8.42 Å². The smallest absolute Gasteiger partial charge is 0.259 e. The van der Waals surface area contributed by atoms with Gasteiger partial charge < -0.3 is 0 Å². The van der Waals surface area contributed by atoms with Crippen LogP contribution in [0.5, 0.6) is 0 Å². The molecule has 1 N–H and O–H groups in total. The first-order valence-electron chi connectivity index (χ1n) is 5.33. The van der Waals surface area contributed by atoms with Crippen molar-refractivity contribution in [3.05, 3.63) is 12.3 Å². The van der Waals surface area contributed by atoms with Crippen LogP contribution in [-0.4, -0.2) is 36.0 Å². The lowest BCUT2D eigenvalue weighted by atomic mass is 10.1. The summed E-state index contributed by atoms with van der Waals surface area (Å²) in [5.74, 6) is 0.467. The number of hydrogen-bond donors (Lipinski definition) is 1. The van der Waals surface area contributed by atoms with Crippen molar-refractivity contribution < 1.29 is 8.42 Å². The number of aromatic amines is 1. The number of H-pyrrole nitrogens is 1. The Hall–Kier alpha value is -0.880. The number of rotatable bonds is 5. The van der Waals surface area contributed by atoms with Gasteiger partial charge in [0.05, 0.1) is 6.20 Å². The molecule has 6 heteroatoms. The van der Waals surface area contributed by atoms with Crippen molar-refractivity contribution in [2.45, 2.75) is 38.3 Å². The van der Waals surface area contributed by atoms with Crippen LogP contribution in [0.4, 0.5) is 0 Å². The zero-order valence-corrected chi connectivity index (χ0v) is 11.0. The number of hydrogen-bond acceptors (Lipinski definition) is 3. The molecule has 1 atom stereocenters. The molecular weight excluding hydrogens is 226 g/mol. The van der Waals surface area contributed by atoms with Gasteiger partial charge in [-0.15, -0.1) is 0 Å². The topological polar surface area (TPSA) is 66.1 Å². The molecule has 1 aromatic heterocycles. The summed E-state index contributed by atoms with van der Waals surface area (Å²) < 4.78 is 25.5. The van der Waals surface area contributed by atoms with Gasteiger partial charge in [0.1, 0.15) is 0 Å². The molecular formula is C10H19N3O2S. The van der Waals surface area contributed by atoms with Crippen LogP contribution in [0.1, 0.15) is 27.2 Å². The van der Waals surface area contributed by atoms with E-state index in [1.165, 1.54) is 16.6 Å². The van der Waals surface area contributed by atoms with Crippen LogP contribution in [0.2, 0.25) is 0 Å². The SMILES string of the molecule is CC(C)CC(C)N(C)S(=O)(=O)c1ccn[nH]1. The summed E-state index contributed by atoms with van der Waals surface area (Å²) >= 11 is 0. The second-order valence-corrected chi connectivity index (χ2v) is 6.39. The highest BCUT2D eigenvalue weighted by Crippen LogP contribution is 2.17. The molecule has 0 saturated heterocycles. The van der Waals surface area contributed by atoms with E-state index in [0.29, 0.717) is 5.92 Å². The van der Waals surface area contributed by atoms with E-state index in [1.807, 2.05) is 6.92 Å². The summed E-state index contributed by atoms with van der Waals surface area (Å²) in [6.07, 6.45) is 2.28. The molecule has 1 aromatic rings. The molecule has 1 heterocycles. The highest BCUT2D eigenvalue weighted by molar-refractivity contribution is 7.89. The Labute approximate surface area is 96.9 Å². The third kappa shape index (κ3) is 2.82. The summed E-state index contributed by atoms with van der Waals surface area (Å²) in [6, 6.07) is 1.45. The summed E-state index contributed by atoms with van der Waals surface area (Å²) in [5, 5.41) is 6.29. The van der Waals surface area contributed by atoms with E-state index in [1.54, 1.807) is 7.05 Å². The van der Waals surface area contributed by atoms with Crippen LogP contribution in [0.15, 0.2) is 17.3 Å². The minimum Gasteiger partial charge on any atom is -0.266 e. The van der Waals surface area contributed by atoms with E-state index in [-0.39, 0.29) is 11.1 Å². The normalized spacial score (nSPS) is 14.6. The molecule has 0 radical (unpaired) electrons. The van der Waals surface area contributed by atoms with Crippen LogP contribution in [-0.2, 0) is 10.0 Å². The average molecular weight is 245 g/mol. The third-order valence-electron chi connectivity index (χ3n) is 2.57. The monoisotopic (exact) mass is 245 g/mol. The minimum absolute atomic E-state index is 0.0201. The zero-order valence-electron chi connectivity index (χ0n) is 10.1. The van der Waals surface area contributed by atoms with E-state index >= 15 is 0 Å². The van der Waals surface area contributed by atoms with Crippen LogP contribution in [0.25, 0.3) is 0 Å². The molecule has 0 spiro atoms. The van der Waals surface area contributed by atoms with Gasteiger partial charge in [-0.1, -0.05) is 13.8 Å². The van der Waals surface area contributed by atoms with Crippen molar-refractivity contribution in [2.75, 3.05) is 7.05 Å². The fourth-order valence-corrected chi connectivity index (χ4v) is 2.88. The van der Waals surface area contributed by atoms with Crippen LogP contribution >= 0.6 is 0 Å². The molecule has 1 rings (SSSR count). The predicted octanol–water partition coefficient (Wildman–Crippen LogP) is 1.46. The van der Waals surface area contributed by atoms with Crippen molar-refractivity contribution in [3.8, 4) is 0 Å². The number of sulfonamides is 1. The lowest BCUT2D eigenvalue weighted by Crippen LogP contribution is -2.36. The molecule has 92 valence electrons. The highest BCUT2D eigenvalue weighted by Gasteiger charge is 2.26. The molecule has 0 saturated carbocycles. The molecule has 0 aliphatic heterocycles. The molecule has 0 aromatic carbocycles. The fourth-order valence-electron chi connectivity index (χ4n) is 1.61. The maximum atomic E-state index is 12.1. The fraction of sp³-hybridized carbons (Fsp3) is 0.700. The van der Waals surface area contributed by atoms with E-state index < -0.39 is 10.0 Å². The van der Waals surface area contributed by atoms with Crippen molar-refractivity contribution in [1.29, 1.82) is 0 Å². The van der Waals surface area contributed by atoms with E-state index in [2.05, 4.69) is 24.0 Å². The Morgan fingerprint density at radius 1 is 1.44 bits per heavy atom. The van der Waals surface area contributed by atoms with Crippen LogP contribution in [0, 0.1) is 5.92 Å². The molecule has 0 aliphatic carbocycles. The second-order valence-electron chi connectivity index (χ2n) is 4.42. The Balaban J connectivity index is 2.85. The number of nitrogens with zero attached hydrogens (tertiary/aromatic N) is 2. The lowest BCUT2D eigenvalue weighted by molar-refractivity contribution is 0.337. The summed E-state index contributed by atoms with van der Waals surface area (Å²) in [7, 11) is -1.82. The van der Waals surface area contributed by atoms with Crippen molar-refractivity contribution in [3.63, 3.8) is 0 Å². The Morgan fingerprint density at radius 3 is 2.50 bits per heavy atom. The van der Waals surface area contributed by atoms with Crippen molar-refractivity contribution in [1.82, 2.24) is 14.5 Å². The standard InChI is InChI=1S/C10H19N3O2S/c1-8(2)7-9(3)13(4)16(14,15)10-5-6-11-12-10/h5-6,8-9H,7H2,1-4H3,(H,11,12). The maximum absolute atomic E-state index is 12.1. The van der Waals surface area contributed by atoms with Crippen molar-refractivity contribution in [2.24, 2.45) is 5.92 Å². The van der Waals surface area contributed by atoms with Gasteiger partial charge in [-0.2, -0.15) is 9.40 Å². The average Bonchev–Trinajstić information content (AvgIpc) is 2.68. The molecule has 5 nitrogen and oxygen atoms in total. The maximum Gasteiger partial charge on any atom is 0.259 e. The van der Waals surface area contributed by atoms with E-state index in [9.17, 15) is 8.42 Å². The van der Waals surface area contributed by atoms with Crippen molar-refractivity contribution >= 4 is 10.0 Å². The summed E-state index contributed by atoms with van der Waals surface area (Å²) in [6.45, 7) is 6.06. The van der Waals surface area contributed by atoms with Gasteiger partial charge >= 0.3 is 0 Å². The van der Waals surface area contributed by atoms with E-state index in [0.717, 1.165) is 6.42 Å². The largest absolute Gasteiger partial charge is 0.266 e. The van der Waals surface area contributed by atoms with Gasteiger partial charge in [0.2, 0.25) is 0 Å². The summed E-state index contributed by atoms with van der Waals surface area (Å²) in [5.41, 5.74) is 0. The molecule has 16 heavy (non-hydrogen) atoms. The van der Waals surface area contributed by atoms with Crippen LogP contribution in [0.3, 0.4) is 0 Å². The van der Waals surface area contributed by atoms with Gasteiger partial charge in [-0.3, -0.25) is 5.10 Å². The Bertz CT molecular complexity index is 411. The molecule has 0 bridgehead atoms. The second kappa shape index (κ2) is 4.97. The first-order chi connectivity index (χ1) is 7.35. The predicted molar refractivity (Wildman–Crippen MR) is 62.5 cm³/mol. The first kappa shape index (κ1) is 13.2. The molecule has 0 amide bonds. The molecule has 0 aliphatic rings. The Morgan fingerprint density at radius 2 is 2.06 bits per heavy atom. The van der Waals surface area contributed by atoms with Gasteiger partial charge in [-0.05, 0) is 25.3 Å². The lowest BCUT2D eigenvalue weighted by Gasteiger charge is -2.24. The zero-order chi connectivity index (χ0) is 12.3. The quantitative estimate of drug-likeness (QED) is 0.854. The highest BCUT2D eigenvalue weighted by atomic mass is 32.2. The van der Waals surface area contributed by atoms with E-state index in [4.69, 9.17) is 0 Å². The first-order valence-corrected chi connectivity index (χ1v) is 6.77. The van der Waals surface area contributed by atoms with Gasteiger partial charge in [0, 0.05) is 13.1 Å². The van der Waals surface area contributed by atoms with Gasteiger partial charge in [0.15, 0.2) is 5.03 Å². The Kier molecular flexibility index (Phi) is 4.09. The summed E-state index contributed by atoms with van der Waals surface area (Å²) in [4.78, 5) is 0. The third-order valence-corrected chi connectivity index (χ3v) is 4.47. The minimum atomic E-state index is -3.43. The molecule has 1 unspecified atom stereocenters.